The molecule has 0 spiro atoms. The Balaban J connectivity index is 1.49. The highest BCUT2D eigenvalue weighted by Gasteiger charge is 2.16. The highest BCUT2D eigenvalue weighted by molar-refractivity contribution is 5.93. The summed E-state index contributed by atoms with van der Waals surface area (Å²) in [6, 6.07) is 7.52. The Kier molecular flexibility index (Phi) is 5.67. The molecule has 4 rings (SSSR count). The van der Waals surface area contributed by atoms with Gasteiger partial charge in [0.05, 0.1) is 17.6 Å². The SMILES string of the molecule is Cc1cc(C)n(CC(=O)Nc2ccc3c(c2)nc(CN2CCCCC2)n3C)c(=O)n1. The summed E-state index contributed by atoms with van der Waals surface area (Å²) in [7, 11) is 2.03. The first-order valence-corrected chi connectivity index (χ1v) is 10.4. The summed E-state index contributed by atoms with van der Waals surface area (Å²) in [6.45, 7) is 6.58. The Morgan fingerprint density at radius 3 is 2.60 bits per heavy atom. The lowest BCUT2D eigenvalue weighted by atomic mass is 10.1. The number of nitrogens with zero attached hydrogens (tertiary/aromatic N) is 5. The van der Waals surface area contributed by atoms with Crippen LogP contribution in [0.1, 0.15) is 36.5 Å². The molecule has 0 unspecified atom stereocenters. The van der Waals surface area contributed by atoms with E-state index in [0.29, 0.717) is 17.1 Å². The van der Waals surface area contributed by atoms with E-state index in [9.17, 15) is 9.59 Å². The van der Waals surface area contributed by atoms with Crippen LogP contribution in [0.3, 0.4) is 0 Å². The van der Waals surface area contributed by atoms with Gasteiger partial charge in [0, 0.05) is 24.1 Å². The fraction of sp³-hybridized carbons (Fsp3) is 0.455. The number of carbonyl (C=O) groups is 1. The van der Waals surface area contributed by atoms with Crippen molar-refractivity contribution in [2.24, 2.45) is 7.05 Å². The summed E-state index contributed by atoms with van der Waals surface area (Å²) in [5.74, 6) is 0.762. The van der Waals surface area contributed by atoms with Gasteiger partial charge in [0.1, 0.15) is 12.4 Å². The maximum Gasteiger partial charge on any atom is 0.348 e. The maximum absolute atomic E-state index is 12.5. The predicted molar refractivity (Wildman–Crippen MR) is 116 cm³/mol. The number of fused-ring (bicyclic) bond motifs is 1. The normalized spacial score (nSPS) is 14.9. The summed E-state index contributed by atoms with van der Waals surface area (Å²) in [4.78, 5) is 35.7. The molecule has 0 saturated carbocycles. The number of aryl methyl sites for hydroxylation is 3. The van der Waals surface area contributed by atoms with Crippen LogP contribution in [0.15, 0.2) is 29.1 Å². The lowest BCUT2D eigenvalue weighted by molar-refractivity contribution is -0.116. The maximum atomic E-state index is 12.5. The number of piperidine rings is 1. The van der Waals surface area contributed by atoms with E-state index in [0.717, 1.165) is 36.5 Å². The van der Waals surface area contributed by atoms with E-state index in [-0.39, 0.29) is 12.5 Å². The molecular weight excluding hydrogens is 380 g/mol. The average molecular weight is 409 g/mol. The minimum atomic E-state index is -0.412. The highest BCUT2D eigenvalue weighted by Crippen LogP contribution is 2.21. The number of likely N-dealkylation sites (tertiary alicyclic amines) is 1. The number of benzene rings is 1. The Hall–Kier alpha value is -3.00. The molecule has 8 heteroatoms. The lowest BCUT2D eigenvalue weighted by Crippen LogP contribution is -2.31. The van der Waals surface area contributed by atoms with Gasteiger partial charge in [-0.1, -0.05) is 6.42 Å². The van der Waals surface area contributed by atoms with Gasteiger partial charge in [-0.3, -0.25) is 14.3 Å². The van der Waals surface area contributed by atoms with Gasteiger partial charge >= 0.3 is 5.69 Å². The Morgan fingerprint density at radius 2 is 1.87 bits per heavy atom. The van der Waals surface area contributed by atoms with Crippen molar-refractivity contribution >= 4 is 22.6 Å². The van der Waals surface area contributed by atoms with Crippen LogP contribution in [-0.2, 0) is 24.9 Å². The van der Waals surface area contributed by atoms with E-state index in [1.54, 1.807) is 19.9 Å². The van der Waals surface area contributed by atoms with Crippen molar-refractivity contribution in [1.82, 2.24) is 24.0 Å². The molecule has 8 nitrogen and oxygen atoms in total. The van der Waals surface area contributed by atoms with E-state index in [1.807, 2.05) is 25.2 Å². The summed E-state index contributed by atoms with van der Waals surface area (Å²) in [5.41, 5.74) is 3.51. The zero-order valence-electron chi connectivity index (χ0n) is 17.8. The van der Waals surface area contributed by atoms with Crippen LogP contribution >= 0.6 is 0 Å². The van der Waals surface area contributed by atoms with Crippen LogP contribution < -0.4 is 11.0 Å². The molecule has 1 aliphatic heterocycles. The largest absolute Gasteiger partial charge is 0.348 e. The van der Waals surface area contributed by atoms with Crippen molar-refractivity contribution in [1.29, 1.82) is 0 Å². The van der Waals surface area contributed by atoms with Crippen molar-refractivity contribution in [2.45, 2.75) is 46.2 Å². The van der Waals surface area contributed by atoms with Crippen molar-refractivity contribution < 1.29 is 4.79 Å². The number of imidazole rings is 1. The number of hydrogen-bond donors (Lipinski definition) is 1. The van der Waals surface area contributed by atoms with E-state index < -0.39 is 5.69 Å². The molecule has 1 aromatic carbocycles. The molecule has 0 radical (unpaired) electrons. The molecule has 0 atom stereocenters. The molecule has 2 aromatic heterocycles. The summed E-state index contributed by atoms with van der Waals surface area (Å²) < 4.78 is 3.49. The van der Waals surface area contributed by atoms with Gasteiger partial charge in [0.15, 0.2) is 0 Å². The number of hydrogen-bond acceptors (Lipinski definition) is 5. The monoisotopic (exact) mass is 408 g/mol. The molecular formula is C22H28N6O2. The second kappa shape index (κ2) is 8.39. The van der Waals surface area contributed by atoms with E-state index >= 15 is 0 Å². The minimum absolute atomic E-state index is 0.0710. The zero-order chi connectivity index (χ0) is 21.3. The first-order valence-electron chi connectivity index (χ1n) is 10.4. The molecule has 0 aliphatic carbocycles. The quantitative estimate of drug-likeness (QED) is 0.701. The molecule has 1 N–H and O–H groups in total. The molecule has 30 heavy (non-hydrogen) atoms. The van der Waals surface area contributed by atoms with Gasteiger partial charge < -0.3 is 9.88 Å². The minimum Gasteiger partial charge on any atom is -0.330 e. The number of carbonyl (C=O) groups excluding carboxylic acids is 1. The predicted octanol–water partition coefficient (Wildman–Crippen LogP) is 2.37. The Bertz CT molecular complexity index is 1140. The van der Waals surface area contributed by atoms with Crippen molar-refractivity contribution in [3.05, 3.63) is 52.0 Å². The van der Waals surface area contributed by atoms with Crippen LogP contribution in [-0.4, -0.2) is 43.0 Å². The van der Waals surface area contributed by atoms with Crippen molar-refractivity contribution in [2.75, 3.05) is 18.4 Å². The van der Waals surface area contributed by atoms with Gasteiger partial charge in [-0.2, -0.15) is 4.98 Å². The summed E-state index contributed by atoms with van der Waals surface area (Å²) >= 11 is 0. The zero-order valence-corrected chi connectivity index (χ0v) is 17.8. The van der Waals surface area contributed by atoms with Crippen LogP contribution in [0.25, 0.3) is 11.0 Å². The van der Waals surface area contributed by atoms with Crippen LogP contribution in [0.4, 0.5) is 5.69 Å². The number of nitrogens with one attached hydrogen (secondary N) is 1. The third kappa shape index (κ3) is 4.28. The summed E-state index contributed by atoms with van der Waals surface area (Å²) in [5, 5.41) is 2.88. The van der Waals surface area contributed by atoms with E-state index in [4.69, 9.17) is 4.98 Å². The molecule has 3 heterocycles. The molecule has 1 fully saturated rings. The van der Waals surface area contributed by atoms with Crippen LogP contribution in [0.2, 0.25) is 0 Å². The van der Waals surface area contributed by atoms with Crippen LogP contribution in [0, 0.1) is 13.8 Å². The van der Waals surface area contributed by atoms with E-state index in [1.165, 1.54) is 23.8 Å². The third-order valence-electron chi connectivity index (χ3n) is 5.72. The first-order chi connectivity index (χ1) is 14.4. The standard InChI is InChI=1S/C22H28N6O2/c1-15-11-16(2)28(22(30)23-15)14-21(29)24-17-7-8-19-18(12-17)25-20(26(19)3)13-27-9-5-4-6-10-27/h7-8,11-12H,4-6,9-10,13-14H2,1-3H3,(H,24,29). The fourth-order valence-electron chi connectivity index (χ4n) is 4.10. The number of rotatable bonds is 5. The average Bonchev–Trinajstić information content (AvgIpc) is 3.00. The molecule has 1 saturated heterocycles. The second-order valence-electron chi connectivity index (χ2n) is 8.08. The van der Waals surface area contributed by atoms with Gasteiger partial charge in [0.25, 0.3) is 0 Å². The van der Waals surface area contributed by atoms with Gasteiger partial charge in [-0.25, -0.2) is 9.78 Å². The molecule has 1 aliphatic rings. The van der Waals surface area contributed by atoms with Crippen molar-refractivity contribution in [3.63, 3.8) is 0 Å². The number of amides is 1. The van der Waals surface area contributed by atoms with Gasteiger partial charge in [-0.15, -0.1) is 0 Å². The Labute approximate surface area is 175 Å². The van der Waals surface area contributed by atoms with E-state index in [2.05, 4.69) is 19.8 Å². The molecule has 158 valence electrons. The number of aromatic nitrogens is 4. The Morgan fingerprint density at radius 1 is 1.10 bits per heavy atom. The fourth-order valence-corrected chi connectivity index (χ4v) is 4.10. The number of anilines is 1. The first kappa shape index (κ1) is 20.3. The lowest BCUT2D eigenvalue weighted by Gasteiger charge is -2.25. The molecule has 1 amide bonds. The molecule has 0 bridgehead atoms. The summed E-state index contributed by atoms with van der Waals surface area (Å²) in [6.07, 6.45) is 3.81. The van der Waals surface area contributed by atoms with Crippen molar-refractivity contribution in [3.8, 4) is 0 Å². The smallest absolute Gasteiger partial charge is 0.330 e. The topological polar surface area (TPSA) is 85.0 Å². The highest BCUT2D eigenvalue weighted by atomic mass is 16.2. The van der Waals surface area contributed by atoms with Gasteiger partial charge in [0.2, 0.25) is 5.91 Å². The van der Waals surface area contributed by atoms with Gasteiger partial charge in [-0.05, 0) is 64.0 Å². The molecule has 3 aromatic rings. The third-order valence-corrected chi connectivity index (χ3v) is 5.72. The second-order valence-corrected chi connectivity index (χ2v) is 8.08. The van der Waals surface area contributed by atoms with Crippen LogP contribution in [0.5, 0.6) is 0 Å².